The number of hydrogen-bond donors (Lipinski definition) is 0. The molecule has 0 saturated carbocycles. The Morgan fingerprint density at radius 3 is 1.51 bits per heavy atom. The van der Waals surface area contributed by atoms with E-state index in [-0.39, 0.29) is 5.41 Å². The van der Waals surface area contributed by atoms with Crippen molar-refractivity contribution in [3.8, 4) is 55.6 Å². The second-order valence-electron chi connectivity index (χ2n) is 15.7. The lowest BCUT2D eigenvalue weighted by molar-refractivity contribution is 0.660. The SMILES string of the molecule is CC1(C)c2ccccc2-c2cc(-c3c4ccccc4c(-c4ccc5cc(-c6ccc7ccccc7c6)ccc5c4)c4ccc(-c5ccccc5)cc34)ccc21. The number of fused-ring (bicyclic) bond motifs is 7. The van der Waals surface area contributed by atoms with Crippen molar-refractivity contribution in [3.63, 3.8) is 0 Å². The van der Waals surface area contributed by atoms with Crippen LogP contribution in [0.25, 0.3) is 98.7 Å². The summed E-state index contributed by atoms with van der Waals surface area (Å²) in [6.07, 6.45) is 0. The first kappa shape index (κ1) is 31.7. The highest BCUT2D eigenvalue weighted by Gasteiger charge is 2.35. The molecule has 0 aromatic heterocycles. The van der Waals surface area contributed by atoms with Crippen molar-refractivity contribution in [1.82, 2.24) is 0 Å². The Kier molecular flexibility index (Phi) is 7.00. The first-order chi connectivity index (χ1) is 27.0. The van der Waals surface area contributed by atoms with Gasteiger partial charge in [-0.15, -0.1) is 0 Å². The molecule has 0 atom stereocenters. The first-order valence-electron chi connectivity index (χ1n) is 19.3. The van der Waals surface area contributed by atoms with Crippen LogP contribution in [0.2, 0.25) is 0 Å². The molecule has 10 aromatic carbocycles. The topological polar surface area (TPSA) is 0 Å². The van der Waals surface area contributed by atoms with Crippen molar-refractivity contribution in [3.05, 3.63) is 205 Å². The molecule has 1 aliphatic rings. The molecule has 0 nitrogen and oxygen atoms in total. The highest BCUT2D eigenvalue weighted by atomic mass is 14.4. The average molecular weight is 699 g/mol. The number of hydrogen-bond acceptors (Lipinski definition) is 0. The lowest BCUT2D eigenvalue weighted by atomic mass is 9.81. The summed E-state index contributed by atoms with van der Waals surface area (Å²) < 4.78 is 0. The maximum Gasteiger partial charge on any atom is 0.0158 e. The van der Waals surface area contributed by atoms with Crippen LogP contribution in [0, 0.1) is 0 Å². The molecule has 0 saturated heterocycles. The third-order valence-corrected chi connectivity index (χ3v) is 12.2. The molecule has 1 aliphatic carbocycles. The standard InChI is InChI=1S/C55H38/c1-55(2)51-19-11-10-16-45(51)49-34-44(27-29-52(49)55)54-47-18-9-8-17-46(47)53(48-28-26-42(33-50(48)54)35-12-4-3-5-13-35)43-25-24-40-31-39(22-23-41(40)32-43)38-21-20-36-14-6-7-15-37(36)30-38/h3-34H,1-2H3. The highest BCUT2D eigenvalue weighted by Crippen LogP contribution is 2.51. The molecule has 0 N–H and O–H groups in total. The van der Waals surface area contributed by atoms with E-state index in [1.165, 1.54) is 110 Å². The summed E-state index contributed by atoms with van der Waals surface area (Å²) in [4.78, 5) is 0. The van der Waals surface area contributed by atoms with Crippen molar-refractivity contribution >= 4 is 43.1 Å². The molecule has 0 heterocycles. The number of benzene rings is 10. The molecular weight excluding hydrogens is 661 g/mol. The fraction of sp³-hybridized carbons (Fsp3) is 0.0545. The van der Waals surface area contributed by atoms with Crippen molar-refractivity contribution in [2.75, 3.05) is 0 Å². The summed E-state index contributed by atoms with van der Waals surface area (Å²) in [6.45, 7) is 4.72. The molecule has 0 aliphatic heterocycles. The van der Waals surface area contributed by atoms with Gasteiger partial charge in [-0.25, -0.2) is 0 Å². The second-order valence-corrected chi connectivity index (χ2v) is 15.7. The van der Waals surface area contributed by atoms with E-state index < -0.39 is 0 Å². The summed E-state index contributed by atoms with van der Waals surface area (Å²) >= 11 is 0. The third kappa shape index (κ3) is 4.99. The van der Waals surface area contributed by atoms with Gasteiger partial charge in [0.25, 0.3) is 0 Å². The van der Waals surface area contributed by atoms with Crippen molar-refractivity contribution < 1.29 is 0 Å². The van der Waals surface area contributed by atoms with E-state index in [0.717, 1.165) is 0 Å². The molecule has 0 spiro atoms. The molecule has 0 bridgehead atoms. The van der Waals surface area contributed by atoms with Crippen LogP contribution in [0.15, 0.2) is 194 Å². The van der Waals surface area contributed by atoms with Gasteiger partial charge in [-0.2, -0.15) is 0 Å². The van der Waals surface area contributed by atoms with Crippen LogP contribution < -0.4 is 0 Å². The van der Waals surface area contributed by atoms with Crippen LogP contribution in [0.4, 0.5) is 0 Å². The van der Waals surface area contributed by atoms with E-state index in [1.807, 2.05) is 0 Å². The van der Waals surface area contributed by atoms with Crippen LogP contribution >= 0.6 is 0 Å². The summed E-state index contributed by atoms with van der Waals surface area (Å²) in [5, 5.41) is 10.1. The Balaban J connectivity index is 1.13. The zero-order chi connectivity index (χ0) is 36.7. The molecule has 0 heteroatoms. The average Bonchev–Trinajstić information content (AvgIpc) is 3.47. The van der Waals surface area contributed by atoms with E-state index in [1.54, 1.807) is 0 Å². The van der Waals surface area contributed by atoms with Gasteiger partial charge in [0.15, 0.2) is 0 Å². The van der Waals surface area contributed by atoms with Crippen LogP contribution in [-0.2, 0) is 5.41 Å². The lowest BCUT2D eigenvalue weighted by Gasteiger charge is -2.22. The van der Waals surface area contributed by atoms with Crippen molar-refractivity contribution in [1.29, 1.82) is 0 Å². The van der Waals surface area contributed by atoms with Crippen LogP contribution in [0.1, 0.15) is 25.0 Å². The Labute approximate surface area is 322 Å². The molecule has 11 rings (SSSR count). The smallest absolute Gasteiger partial charge is 0.0158 e. The number of rotatable bonds is 4. The first-order valence-corrected chi connectivity index (χ1v) is 19.3. The van der Waals surface area contributed by atoms with Gasteiger partial charge in [0.1, 0.15) is 0 Å². The maximum atomic E-state index is 2.46. The van der Waals surface area contributed by atoms with Crippen molar-refractivity contribution in [2.45, 2.75) is 19.3 Å². The largest absolute Gasteiger partial charge is 0.0622 e. The zero-order valence-corrected chi connectivity index (χ0v) is 31.0. The molecular formula is C55H38. The Morgan fingerprint density at radius 1 is 0.273 bits per heavy atom. The Bertz CT molecular complexity index is 3160. The predicted octanol–water partition coefficient (Wildman–Crippen LogP) is 15.3. The quantitative estimate of drug-likeness (QED) is 0.161. The van der Waals surface area contributed by atoms with Gasteiger partial charge in [-0.1, -0.05) is 178 Å². The van der Waals surface area contributed by atoms with Crippen LogP contribution in [0.5, 0.6) is 0 Å². The normalized spacial score (nSPS) is 13.1. The summed E-state index contributed by atoms with van der Waals surface area (Å²) in [6, 6.07) is 72.3. The minimum absolute atomic E-state index is 0.0365. The minimum Gasteiger partial charge on any atom is -0.0622 e. The van der Waals surface area contributed by atoms with E-state index in [4.69, 9.17) is 0 Å². The van der Waals surface area contributed by atoms with E-state index in [0.29, 0.717) is 0 Å². The van der Waals surface area contributed by atoms with E-state index in [9.17, 15) is 0 Å². The van der Waals surface area contributed by atoms with Gasteiger partial charge in [0.2, 0.25) is 0 Å². The van der Waals surface area contributed by atoms with E-state index in [2.05, 4.69) is 208 Å². The maximum absolute atomic E-state index is 2.46. The van der Waals surface area contributed by atoms with E-state index >= 15 is 0 Å². The monoisotopic (exact) mass is 698 g/mol. The molecule has 0 fully saturated rings. The minimum atomic E-state index is -0.0365. The van der Waals surface area contributed by atoms with Gasteiger partial charge >= 0.3 is 0 Å². The molecule has 0 unspecified atom stereocenters. The highest BCUT2D eigenvalue weighted by molar-refractivity contribution is 6.22. The third-order valence-electron chi connectivity index (χ3n) is 12.2. The second kappa shape index (κ2) is 12.1. The molecule has 55 heavy (non-hydrogen) atoms. The molecule has 10 aromatic rings. The molecule has 0 amide bonds. The molecule has 258 valence electrons. The predicted molar refractivity (Wildman–Crippen MR) is 236 cm³/mol. The zero-order valence-electron chi connectivity index (χ0n) is 31.0. The lowest BCUT2D eigenvalue weighted by Crippen LogP contribution is -2.14. The van der Waals surface area contributed by atoms with Gasteiger partial charge in [-0.3, -0.25) is 0 Å². The summed E-state index contributed by atoms with van der Waals surface area (Å²) in [5.41, 5.74) is 15.4. The van der Waals surface area contributed by atoms with Gasteiger partial charge in [0, 0.05) is 5.41 Å². The van der Waals surface area contributed by atoms with Gasteiger partial charge in [-0.05, 0) is 140 Å². The van der Waals surface area contributed by atoms with Crippen molar-refractivity contribution in [2.24, 2.45) is 0 Å². The fourth-order valence-corrected chi connectivity index (χ4v) is 9.44. The fourth-order valence-electron chi connectivity index (χ4n) is 9.44. The van der Waals surface area contributed by atoms with Gasteiger partial charge < -0.3 is 0 Å². The van der Waals surface area contributed by atoms with Crippen LogP contribution in [0.3, 0.4) is 0 Å². The van der Waals surface area contributed by atoms with Gasteiger partial charge in [0.05, 0.1) is 0 Å². The Hall–Kier alpha value is -6.76. The summed E-state index contributed by atoms with van der Waals surface area (Å²) in [5.74, 6) is 0. The summed E-state index contributed by atoms with van der Waals surface area (Å²) in [7, 11) is 0. The molecule has 0 radical (unpaired) electrons. The van der Waals surface area contributed by atoms with Crippen LogP contribution in [-0.4, -0.2) is 0 Å². The Morgan fingerprint density at radius 2 is 0.745 bits per heavy atom.